The lowest BCUT2D eigenvalue weighted by Gasteiger charge is -2.55. The molecule has 4 fully saturated rings. The van der Waals surface area contributed by atoms with Crippen LogP contribution in [0.2, 0.25) is 0 Å². The zero-order valence-electron chi connectivity index (χ0n) is 30.8. The highest BCUT2D eigenvalue weighted by molar-refractivity contribution is 7.96. The van der Waals surface area contributed by atoms with E-state index in [0.717, 1.165) is 44.3 Å². The number of rotatable bonds is 18. The van der Waals surface area contributed by atoms with Gasteiger partial charge in [-0.25, -0.2) is 13.2 Å². The van der Waals surface area contributed by atoms with E-state index in [4.69, 9.17) is 4.74 Å². The SMILES string of the molecule is CCCCCCCCCCCCCCCCN1C=C(C2C(C(=O)OC34CC5CC(CC(C5)C3)C4)=CNC3=C2S(=O)(=O)c2ccccc23)[C+]=CC1.[Br-]. The fraction of sp³-hybridized carbons (Fsp3) is 0.651. The highest BCUT2D eigenvalue weighted by Crippen LogP contribution is 2.58. The van der Waals surface area contributed by atoms with Gasteiger partial charge in [-0.15, -0.1) is 0 Å². The number of halogens is 1. The normalized spacial score (nSPS) is 27.9. The first kappa shape index (κ1) is 38.3. The number of carbonyl (C=O) groups is 1. The van der Waals surface area contributed by atoms with Crippen molar-refractivity contribution in [1.29, 1.82) is 0 Å². The summed E-state index contributed by atoms with van der Waals surface area (Å²) in [6, 6.07) is 7.16. The summed E-state index contributed by atoms with van der Waals surface area (Å²) in [5.41, 5.74) is 1.92. The van der Waals surface area contributed by atoms with Crippen LogP contribution < -0.4 is 22.3 Å². The van der Waals surface area contributed by atoms with Crippen LogP contribution in [0.5, 0.6) is 0 Å². The molecule has 4 bridgehead atoms. The minimum Gasteiger partial charge on any atom is -1.00 e. The van der Waals surface area contributed by atoms with E-state index >= 15 is 0 Å². The van der Waals surface area contributed by atoms with Gasteiger partial charge in [0.05, 0.1) is 33.7 Å². The molecule has 1 aromatic rings. The monoisotopic (exact) mass is 778 g/mol. The summed E-state index contributed by atoms with van der Waals surface area (Å²) < 4.78 is 34.9. The zero-order valence-corrected chi connectivity index (χ0v) is 33.2. The Bertz CT molecular complexity index is 1590. The number of hydrogen-bond donors (Lipinski definition) is 1. The Labute approximate surface area is 318 Å². The smallest absolute Gasteiger partial charge is 0.337 e. The lowest BCUT2D eigenvalue weighted by Crippen LogP contribution is -3.00. The van der Waals surface area contributed by atoms with Gasteiger partial charge >= 0.3 is 5.97 Å². The van der Waals surface area contributed by atoms with E-state index in [-0.39, 0.29) is 27.9 Å². The fourth-order valence-corrected chi connectivity index (χ4v) is 12.4. The third kappa shape index (κ3) is 8.54. The van der Waals surface area contributed by atoms with E-state index in [1.165, 1.54) is 103 Å². The van der Waals surface area contributed by atoms with Crippen LogP contribution >= 0.6 is 0 Å². The first-order valence-corrected chi connectivity index (χ1v) is 21.7. The molecule has 0 saturated heterocycles. The Morgan fingerprint density at radius 1 is 0.863 bits per heavy atom. The molecule has 8 rings (SSSR count). The number of fused-ring (bicyclic) bond motifs is 2. The Hall–Kier alpha value is -2.41. The van der Waals surface area contributed by atoms with Gasteiger partial charge < -0.3 is 27.0 Å². The molecule has 1 unspecified atom stereocenters. The summed E-state index contributed by atoms with van der Waals surface area (Å²) in [5.74, 6) is 0.781. The molecule has 7 aliphatic rings. The molecule has 4 saturated carbocycles. The molecule has 0 spiro atoms. The number of hydrogen-bond acceptors (Lipinski definition) is 6. The molecule has 6 nitrogen and oxygen atoms in total. The molecule has 1 atom stereocenters. The van der Waals surface area contributed by atoms with Crippen molar-refractivity contribution in [3.63, 3.8) is 0 Å². The second-order valence-electron chi connectivity index (χ2n) is 16.4. The maximum atomic E-state index is 14.3. The summed E-state index contributed by atoms with van der Waals surface area (Å²) in [5, 5.41) is 3.25. The van der Waals surface area contributed by atoms with Crippen LogP contribution in [0, 0.1) is 29.7 Å². The summed E-state index contributed by atoms with van der Waals surface area (Å²) in [4.78, 5) is 17.1. The fourth-order valence-electron chi connectivity index (χ4n) is 10.4. The molecule has 0 amide bonds. The van der Waals surface area contributed by atoms with Crippen molar-refractivity contribution in [2.24, 2.45) is 23.7 Å². The molecule has 3 aliphatic heterocycles. The number of nitrogens with zero attached hydrogens (tertiary/aromatic N) is 1. The maximum Gasteiger partial charge on any atom is 0.337 e. The number of sulfone groups is 1. The molecular weight excluding hydrogens is 720 g/mol. The van der Waals surface area contributed by atoms with E-state index in [1.54, 1.807) is 18.3 Å². The van der Waals surface area contributed by atoms with Crippen molar-refractivity contribution < 1.29 is 34.9 Å². The molecule has 278 valence electrons. The summed E-state index contributed by atoms with van der Waals surface area (Å²) in [7, 11) is -3.83. The maximum absolute atomic E-state index is 14.3. The third-order valence-electron chi connectivity index (χ3n) is 12.5. The van der Waals surface area contributed by atoms with Gasteiger partial charge in [0.2, 0.25) is 15.4 Å². The zero-order chi connectivity index (χ0) is 34.6. The number of unbranched alkanes of at least 4 members (excludes halogenated alkanes) is 13. The number of carbonyl (C=O) groups excluding carboxylic acids is 1. The van der Waals surface area contributed by atoms with Gasteiger partial charge in [0.25, 0.3) is 0 Å². The van der Waals surface area contributed by atoms with Gasteiger partial charge in [-0.3, -0.25) is 4.90 Å². The number of dihydropyridines is 1. The van der Waals surface area contributed by atoms with E-state index in [9.17, 15) is 13.2 Å². The highest BCUT2D eigenvalue weighted by atomic mass is 79.9. The van der Waals surface area contributed by atoms with E-state index in [1.807, 2.05) is 18.2 Å². The topological polar surface area (TPSA) is 75.7 Å². The van der Waals surface area contributed by atoms with Crippen molar-refractivity contribution in [2.75, 3.05) is 13.1 Å². The van der Waals surface area contributed by atoms with Crippen LogP contribution in [-0.4, -0.2) is 38.0 Å². The molecule has 0 radical (unpaired) electrons. The van der Waals surface area contributed by atoms with Crippen LogP contribution in [0.3, 0.4) is 0 Å². The molecule has 51 heavy (non-hydrogen) atoms. The predicted octanol–water partition coefficient (Wildman–Crippen LogP) is 6.80. The first-order chi connectivity index (χ1) is 24.4. The second kappa shape index (κ2) is 17.2. The van der Waals surface area contributed by atoms with Crippen molar-refractivity contribution in [1.82, 2.24) is 10.2 Å². The van der Waals surface area contributed by atoms with Gasteiger partial charge in [0, 0.05) is 18.3 Å². The summed E-state index contributed by atoms with van der Waals surface area (Å²) in [6.45, 7) is 3.92. The minimum absolute atomic E-state index is 0. The van der Waals surface area contributed by atoms with Crippen molar-refractivity contribution in [3.05, 3.63) is 70.4 Å². The first-order valence-electron chi connectivity index (χ1n) is 20.2. The molecule has 1 N–H and O–H groups in total. The second-order valence-corrected chi connectivity index (χ2v) is 18.3. The van der Waals surface area contributed by atoms with Gasteiger partial charge in [-0.2, -0.15) is 0 Å². The van der Waals surface area contributed by atoms with Gasteiger partial charge in [0.15, 0.2) is 0 Å². The molecule has 4 aliphatic carbocycles. The van der Waals surface area contributed by atoms with Gasteiger partial charge in [0.1, 0.15) is 23.8 Å². The van der Waals surface area contributed by atoms with E-state index in [0.29, 0.717) is 39.5 Å². The average Bonchev–Trinajstić information content (AvgIpc) is 3.33. The van der Waals surface area contributed by atoms with Crippen LogP contribution in [0.1, 0.15) is 141 Å². The largest absolute Gasteiger partial charge is 1.00 e. The molecule has 1 aromatic carbocycles. The Morgan fingerprint density at radius 3 is 2.04 bits per heavy atom. The number of ether oxygens (including phenoxy) is 1. The van der Waals surface area contributed by atoms with Crippen LogP contribution in [-0.2, 0) is 19.4 Å². The molecule has 3 heterocycles. The molecule has 8 heteroatoms. The number of allylic oxidation sites excluding steroid dienone is 3. The molecular formula is C43H59BrN2O4S. The van der Waals surface area contributed by atoms with Gasteiger partial charge in [-0.05, 0) is 68.8 Å². The number of esters is 1. The summed E-state index contributed by atoms with van der Waals surface area (Å²) in [6.07, 6.45) is 34.4. The third-order valence-corrected chi connectivity index (χ3v) is 14.4. The molecule has 0 aromatic heterocycles. The Balaban J connectivity index is 0.00000448. The van der Waals surface area contributed by atoms with Crippen LogP contribution in [0.15, 0.2) is 63.7 Å². The average molecular weight is 780 g/mol. The van der Waals surface area contributed by atoms with E-state index < -0.39 is 21.4 Å². The summed E-state index contributed by atoms with van der Waals surface area (Å²) >= 11 is 0. The quantitative estimate of drug-likeness (QED) is 0.100. The number of nitrogens with one attached hydrogen (secondary N) is 1. The lowest BCUT2D eigenvalue weighted by molar-refractivity contribution is -0.182. The van der Waals surface area contributed by atoms with Crippen molar-refractivity contribution >= 4 is 21.5 Å². The minimum atomic E-state index is -3.83. The van der Waals surface area contributed by atoms with Crippen molar-refractivity contribution in [2.45, 2.75) is 146 Å². The standard InChI is InChI=1S/C43H58N2O4S.BrH/c1-2-3-4-5-6-7-8-9-10-11-12-13-14-17-22-45-23-18-19-35(31-45)39-37(30-44-40-36-20-15-16-21-38(36)50(47,48)41(39)40)42(46)49-43-27-32-24-33(28-43)26-34(25-32)29-43;/h15-16,18,20-21,30-34,39H,2-14,17,22-29H2,1H3;1H. The van der Waals surface area contributed by atoms with Crippen LogP contribution in [0.4, 0.5) is 0 Å². The van der Waals surface area contributed by atoms with Crippen LogP contribution in [0.25, 0.3) is 5.70 Å². The predicted molar refractivity (Wildman–Crippen MR) is 200 cm³/mol. The lowest BCUT2D eigenvalue weighted by atomic mass is 9.54. The van der Waals surface area contributed by atoms with Crippen molar-refractivity contribution in [3.8, 4) is 0 Å². The van der Waals surface area contributed by atoms with E-state index in [2.05, 4.69) is 29.4 Å². The Kier molecular flexibility index (Phi) is 12.9. The Morgan fingerprint density at radius 2 is 1.43 bits per heavy atom. The number of benzene rings is 1. The van der Waals surface area contributed by atoms with Gasteiger partial charge in [-0.1, -0.05) is 109 Å². The highest BCUT2D eigenvalue weighted by Gasteiger charge is 2.55.